The third-order valence-corrected chi connectivity index (χ3v) is 13.0. The van der Waals surface area contributed by atoms with E-state index in [1.54, 1.807) is 0 Å². The van der Waals surface area contributed by atoms with E-state index in [9.17, 15) is 0 Å². The first-order valence-electron chi connectivity index (χ1n) is 20.9. The molecule has 3 aromatic heterocycles. The summed E-state index contributed by atoms with van der Waals surface area (Å²) < 4.78 is 4.99. The van der Waals surface area contributed by atoms with Crippen molar-refractivity contribution in [1.29, 1.82) is 0 Å². The summed E-state index contributed by atoms with van der Waals surface area (Å²) in [6.45, 7) is 0. The van der Waals surface area contributed by atoms with Crippen molar-refractivity contribution in [2.24, 2.45) is 0 Å². The van der Waals surface area contributed by atoms with Gasteiger partial charge < -0.3 is 4.57 Å². The van der Waals surface area contributed by atoms with Gasteiger partial charge in [0.05, 0.1) is 16.7 Å². The van der Waals surface area contributed by atoms with Crippen LogP contribution in [-0.4, -0.2) is 19.5 Å². The molecule has 5 heteroatoms. The molecule has 0 saturated carbocycles. The molecule has 12 aromatic rings. The largest absolute Gasteiger partial charge is 0.308 e. The second-order valence-corrected chi connectivity index (χ2v) is 16.6. The van der Waals surface area contributed by atoms with Crippen molar-refractivity contribution in [2.45, 2.75) is 0 Å². The average Bonchev–Trinajstić information content (AvgIpc) is 3.88. The van der Waals surface area contributed by atoms with Gasteiger partial charge in [-0.3, -0.25) is 0 Å². The van der Waals surface area contributed by atoms with Gasteiger partial charge in [-0.2, -0.15) is 0 Å². The maximum absolute atomic E-state index is 5.37. The normalized spacial score (nSPS) is 11.5. The molecule has 62 heavy (non-hydrogen) atoms. The SMILES string of the molecule is c1ccc(-c2nc(-c3ccccc3)nc(-c3cc(-c4c(-c5ccccc5)cccc4-c4ccccc4)ccc3-n3c4ccccc4c4cc5sc6ccccc6c5cc43)n2)cc1. The molecule has 0 N–H and O–H groups in total. The number of para-hydroxylation sites is 1. The van der Waals surface area contributed by atoms with E-state index in [2.05, 4.69) is 187 Å². The lowest BCUT2D eigenvalue weighted by Crippen LogP contribution is -2.04. The molecule has 0 saturated heterocycles. The molecule has 0 atom stereocenters. The fourth-order valence-corrected chi connectivity index (χ4v) is 10.1. The van der Waals surface area contributed by atoms with E-state index < -0.39 is 0 Å². The fraction of sp³-hybridized carbons (Fsp3) is 0. The van der Waals surface area contributed by atoms with Gasteiger partial charge in [-0.25, -0.2) is 15.0 Å². The van der Waals surface area contributed by atoms with E-state index in [1.807, 2.05) is 47.7 Å². The van der Waals surface area contributed by atoms with Gasteiger partial charge >= 0.3 is 0 Å². The van der Waals surface area contributed by atoms with Gasteiger partial charge in [0.25, 0.3) is 0 Å². The zero-order valence-electron chi connectivity index (χ0n) is 33.5. The molecular weight excluding hydrogens is 773 g/mol. The van der Waals surface area contributed by atoms with Crippen molar-refractivity contribution in [1.82, 2.24) is 19.5 Å². The Morgan fingerprint density at radius 2 is 0.839 bits per heavy atom. The number of aromatic nitrogens is 4. The Bertz CT molecular complexity index is 3500. The predicted octanol–water partition coefficient (Wildman–Crippen LogP) is 15.3. The van der Waals surface area contributed by atoms with Crippen LogP contribution >= 0.6 is 11.3 Å². The predicted molar refractivity (Wildman–Crippen MR) is 260 cm³/mol. The van der Waals surface area contributed by atoms with Gasteiger partial charge in [0.1, 0.15) is 0 Å². The number of rotatable bonds is 7. The highest BCUT2D eigenvalue weighted by atomic mass is 32.1. The monoisotopic (exact) mass is 808 g/mol. The number of benzene rings is 9. The zero-order chi connectivity index (χ0) is 41.0. The topological polar surface area (TPSA) is 43.6 Å². The van der Waals surface area contributed by atoms with Gasteiger partial charge in [0.2, 0.25) is 0 Å². The maximum Gasteiger partial charge on any atom is 0.166 e. The molecule has 0 aliphatic heterocycles. The van der Waals surface area contributed by atoms with Crippen molar-refractivity contribution >= 4 is 53.3 Å². The molecule has 0 amide bonds. The van der Waals surface area contributed by atoms with E-state index in [0.29, 0.717) is 17.5 Å². The molecule has 12 rings (SSSR count). The maximum atomic E-state index is 5.37. The van der Waals surface area contributed by atoms with Gasteiger partial charge in [-0.1, -0.05) is 182 Å². The van der Waals surface area contributed by atoms with Gasteiger partial charge in [0.15, 0.2) is 17.5 Å². The molecule has 0 radical (unpaired) electrons. The van der Waals surface area contributed by atoms with Crippen LogP contribution in [0.1, 0.15) is 0 Å². The van der Waals surface area contributed by atoms with E-state index in [0.717, 1.165) is 66.8 Å². The van der Waals surface area contributed by atoms with Gasteiger partial charge in [-0.15, -0.1) is 11.3 Å². The molecule has 0 bridgehead atoms. The number of hydrogen-bond donors (Lipinski definition) is 0. The molecule has 290 valence electrons. The van der Waals surface area contributed by atoms with Crippen LogP contribution in [0, 0.1) is 0 Å². The minimum Gasteiger partial charge on any atom is -0.308 e. The van der Waals surface area contributed by atoms with Crippen molar-refractivity contribution in [3.63, 3.8) is 0 Å². The van der Waals surface area contributed by atoms with Gasteiger partial charge in [-0.05, 0) is 69.8 Å². The van der Waals surface area contributed by atoms with Crippen LogP contribution in [-0.2, 0) is 0 Å². The van der Waals surface area contributed by atoms with E-state index in [4.69, 9.17) is 15.0 Å². The lowest BCUT2D eigenvalue weighted by atomic mass is 9.87. The van der Waals surface area contributed by atoms with Gasteiger partial charge in [0, 0.05) is 47.6 Å². The highest BCUT2D eigenvalue weighted by Gasteiger charge is 2.23. The number of thiophene rings is 1. The highest BCUT2D eigenvalue weighted by molar-refractivity contribution is 7.25. The first-order valence-corrected chi connectivity index (χ1v) is 21.7. The summed E-state index contributed by atoms with van der Waals surface area (Å²) in [5, 5.41) is 4.93. The van der Waals surface area contributed by atoms with Crippen LogP contribution in [0.25, 0.3) is 115 Å². The molecule has 0 aliphatic carbocycles. The van der Waals surface area contributed by atoms with Crippen molar-refractivity contribution in [3.8, 4) is 73.2 Å². The van der Waals surface area contributed by atoms with Crippen LogP contribution < -0.4 is 0 Å². The lowest BCUT2D eigenvalue weighted by molar-refractivity contribution is 1.06. The Balaban J connectivity index is 1.20. The Morgan fingerprint density at radius 3 is 1.47 bits per heavy atom. The summed E-state index contributed by atoms with van der Waals surface area (Å²) in [5.74, 6) is 1.84. The Labute approximate surface area is 362 Å². The summed E-state index contributed by atoms with van der Waals surface area (Å²) in [6.07, 6.45) is 0. The summed E-state index contributed by atoms with van der Waals surface area (Å²) in [6, 6.07) is 77.6. The summed E-state index contributed by atoms with van der Waals surface area (Å²) in [4.78, 5) is 15.9. The van der Waals surface area contributed by atoms with Crippen LogP contribution in [0.4, 0.5) is 0 Å². The number of hydrogen-bond acceptors (Lipinski definition) is 4. The Hall–Kier alpha value is -7.99. The Morgan fingerprint density at radius 1 is 0.306 bits per heavy atom. The number of fused-ring (bicyclic) bond motifs is 6. The van der Waals surface area contributed by atoms with Crippen LogP contribution in [0.3, 0.4) is 0 Å². The molecular formula is C57H36N4S. The summed E-state index contributed by atoms with van der Waals surface area (Å²) in [7, 11) is 0. The van der Waals surface area contributed by atoms with Crippen LogP contribution in [0.2, 0.25) is 0 Å². The van der Waals surface area contributed by atoms with Crippen molar-refractivity contribution in [3.05, 3.63) is 218 Å². The third kappa shape index (κ3) is 6.09. The second-order valence-electron chi connectivity index (χ2n) is 15.5. The van der Waals surface area contributed by atoms with E-state index in [1.165, 1.54) is 30.9 Å². The summed E-state index contributed by atoms with van der Waals surface area (Å²) >= 11 is 1.85. The number of nitrogens with zero attached hydrogens (tertiary/aromatic N) is 4. The van der Waals surface area contributed by atoms with E-state index >= 15 is 0 Å². The van der Waals surface area contributed by atoms with Crippen molar-refractivity contribution in [2.75, 3.05) is 0 Å². The minimum atomic E-state index is 0.598. The molecule has 9 aromatic carbocycles. The fourth-order valence-electron chi connectivity index (χ4n) is 9.02. The molecule has 0 aliphatic rings. The molecule has 0 fully saturated rings. The van der Waals surface area contributed by atoms with Crippen molar-refractivity contribution < 1.29 is 0 Å². The molecule has 4 nitrogen and oxygen atoms in total. The van der Waals surface area contributed by atoms with Crippen LogP contribution in [0.15, 0.2) is 218 Å². The molecule has 0 unspecified atom stereocenters. The highest BCUT2D eigenvalue weighted by Crippen LogP contribution is 2.45. The second kappa shape index (κ2) is 14.9. The molecule has 0 spiro atoms. The summed E-state index contributed by atoms with van der Waals surface area (Å²) in [5.41, 5.74) is 12.8. The standard InChI is InChI=1S/C57H36N4S/c1-5-18-37(19-6-1)42-28-17-29-43(38-20-7-2-8-21-38)54(42)41-32-33-50(48(34-41)57-59-55(39-22-9-3-10-23-39)58-56(60-57)40-24-11-4-12-25-40)61-49-30-15-13-26-44(49)46-36-53-47(35-51(46)61)45-27-14-16-31-52(45)62-53/h1-36H. The zero-order valence-corrected chi connectivity index (χ0v) is 34.3. The van der Waals surface area contributed by atoms with Crippen LogP contribution in [0.5, 0.6) is 0 Å². The first kappa shape index (κ1) is 35.9. The Kier molecular flexibility index (Phi) is 8.65. The lowest BCUT2D eigenvalue weighted by Gasteiger charge is -2.20. The molecule has 3 heterocycles. The average molecular weight is 809 g/mol. The third-order valence-electron chi connectivity index (χ3n) is 11.9. The quantitative estimate of drug-likeness (QED) is 0.161. The van der Waals surface area contributed by atoms with E-state index in [-0.39, 0.29) is 0 Å². The smallest absolute Gasteiger partial charge is 0.166 e. The minimum absolute atomic E-state index is 0.598. The first-order chi connectivity index (χ1) is 30.7.